The molecule has 0 spiro atoms. The van der Waals surface area contributed by atoms with Gasteiger partial charge < -0.3 is 20.6 Å². The monoisotopic (exact) mass is 308 g/mol. The van der Waals surface area contributed by atoms with Gasteiger partial charge in [-0.25, -0.2) is 0 Å². The highest BCUT2D eigenvalue weighted by Gasteiger charge is 2.14. The third-order valence-electron chi connectivity index (χ3n) is 3.60. The molecule has 1 heterocycles. The maximum Gasteiger partial charge on any atom is 0.139 e. The van der Waals surface area contributed by atoms with Gasteiger partial charge in [-0.05, 0) is 42.5 Å². The molecule has 6 nitrogen and oxygen atoms in total. The van der Waals surface area contributed by atoms with Crippen molar-refractivity contribution in [2.45, 2.75) is 0 Å². The quantitative estimate of drug-likeness (QED) is 0.437. The van der Waals surface area contributed by atoms with E-state index in [0.717, 1.165) is 5.39 Å². The van der Waals surface area contributed by atoms with E-state index in [2.05, 4.69) is 0 Å². The molecule has 0 amide bonds. The van der Waals surface area contributed by atoms with E-state index >= 15 is 0 Å². The predicted molar refractivity (Wildman–Crippen MR) is 90.2 cm³/mol. The molecule has 0 unspecified atom stereocenters. The summed E-state index contributed by atoms with van der Waals surface area (Å²) in [6.07, 6.45) is 0. The highest BCUT2D eigenvalue weighted by Crippen LogP contribution is 2.35. The molecule has 0 bridgehead atoms. The van der Waals surface area contributed by atoms with Gasteiger partial charge in [0, 0.05) is 16.5 Å². The lowest BCUT2D eigenvalue weighted by Gasteiger charge is -2.08. The molecule has 0 saturated heterocycles. The van der Waals surface area contributed by atoms with Crippen LogP contribution in [0.2, 0.25) is 0 Å². The van der Waals surface area contributed by atoms with Crippen LogP contribution in [-0.4, -0.2) is 18.8 Å². The van der Waals surface area contributed by atoms with Crippen LogP contribution in [0.15, 0.2) is 46.9 Å². The Balaban J connectivity index is 2.17. The van der Waals surface area contributed by atoms with Crippen LogP contribution in [0.5, 0.6) is 5.75 Å². The highest BCUT2D eigenvalue weighted by atomic mass is 16.5. The summed E-state index contributed by atoms with van der Waals surface area (Å²) in [5, 5.41) is 15.9. The summed E-state index contributed by atoms with van der Waals surface area (Å²) in [6.45, 7) is 0. The van der Waals surface area contributed by atoms with Gasteiger partial charge in [-0.15, -0.1) is 0 Å². The predicted octanol–water partition coefficient (Wildman–Crippen LogP) is 2.68. The lowest BCUT2D eigenvalue weighted by molar-refractivity contribution is 0.415. The number of benzene rings is 2. The van der Waals surface area contributed by atoms with Crippen LogP contribution in [0.3, 0.4) is 0 Å². The van der Waals surface area contributed by atoms with E-state index in [1.165, 1.54) is 0 Å². The number of nitrogens with two attached hydrogens (primary N) is 2. The summed E-state index contributed by atoms with van der Waals surface area (Å²) in [4.78, 5) is 0. The largest absolute Gasteiger partial charge is 0.496 e. The molecule has 0 aliphatic carbocycles. The number of hydrogen-bond donors (Lipinski definition) is 4. The first kappa shape index (κ1) is 14.6. The zero-order chi connectivity index (χ0) is 16.6. The number of nitrogen functional groups attached to an aromatic ring is 2. The first-order valence-corrected chi connectivity index (χ1v) is 6.90. The van der Waals surface area contributed by atoms with Crippen LogP contribution in [0.25, 0.3) is 22.3 Å². The second-order valence-corrected chi connectivity index (χ2v) is 5.11. The van der Waals surface area contributed by atoms with E-state index < -0.39 is 0 Å². The van der Waals surface area contributed by atoms with E-state index in [1.807, 2.05) is 6.07 Å². The van der Waals surface area contributed by atoms with Gasteiger partial charge in [0.2, 0.25) is 0 Å². The smallest absolute Gasteiger partial charge is 0.139 e. The summed E-state index contributed by atoms with van der Waals surface area (Å²) in [5.41, 5.74) is 13.7. The molecule has 0 saturated carbocycles. The minimum atomic E-state index is -0.0242. The molecule has 23 heavy (non-hydrogen) atoms. The Hall–Kier alpha value is -3.28. The minimum Gasteiger partial charge on any atom is -0.496 e. The average Bonchev–Trinajstić information content (AvgIpc) is 2.96. The van der Waals surface area contributed by atoms with Crippen LogP contribution >= 0.6 is 0 Å². The van der Waals surface area contributed by atoms with Gasteiger partial charge in [-0.3, -0.25) is 10.8 Å². The molecule has 0 aliphatic rings. The van der Waals surface area contributed by atoms with Crippen LogP contribution in [0.4, 0.5) is 0 Å². The van der Waals surface area contributed by atoms with Crippen molar-refractivity contribution >= 4 is 22.6 Å². The summed E-state index contributed by atoms with van der Waals surface area (Å²) < 4.78 is 11.2. The first-order chi connectivity index (χ1) is 11.0. The Morgan fingerprint density at radius 3 is 2.26 bits per heavy atom. The Kier molecular flexibility index (Phi) is 3.50. The molecule has 116 valence electrons. The Bertz CT molecular complexity index is 927. The molecule has 0 atom stereocenters. The number of ether oxygens (including phenoxy) is 1. The van der Waals surface area contributed by atoms with Crippen molar-refractivity contribution in [2.75, 3.05) is 7.11 Å². The van der Waals surface area contributed by atoms with Gasteiger partial charge in [-0.1, -0.05) is 0 Å². The van der Waals surface area contributed by atoms with E-state index in [4.69, 9.17) is 31.4 Å². The maximum atomic E-state index is 7.57. The summed E-state index contributed by atoms with van der Waals surface area (Å²) >= 11 is 0. The zero-order valence-electron chi connectivity index (χ0n) is 12.5. The fourth-order valence-corrected chi connectivity index (χ4v) is 2.41. The fourth-order valence-electron chi connectivity index (χ4n) is 2.41. The van der Waals surface area contributed by atoms with Crippen molar-refractivity contribution in [3.05, 3.63) is 53.6 Å². The standard InChI is InChI=1S/C17H16N4O2/c1-22-14-5-3-10(17(20)21)7-12(14)15-8-11-6-9(16(18)19)2-4-13(11)23-15/h2-8H,1H3,(H3,18,19)(H3,20,21). The van der Waals surface area contributed by atoms with Crippen molar-refractivity contribution in [3.63, 3.8) is 0 Å². The van der Waals surface area contributed by atoms with Gasteiger partial charge in [-0.2, -0.15) is 0 Å². The molecule has 0 fully saturated rings. The van der Waals surface area contributed by atoms with Gasteiger partial charge in [0.15, 0.2) is 0 Å². The average molecular weight is 308 g/mol. The van der Waals surface area contributed by atoms with E-state index in [9.17, 15) is 0 Å². The first-order valence-electron chi connectivity index (χ1n) is 6.90. The molecule has 1 aromatic heterocycles. The Morgan fingerprint density at radius 1 is 0.957 bits per heavy atom. The second-order valence-electron chi connectivity index (χ2n) is 5.11. The van der Waals surface area contributed by atoms with Crippen molar-refractivity contribution in [1.82, 2.24) is 0 Å². The molecule has 0 aliphatic heterocycles. The van der Waals surface area contributed by atoms with Gasteiger partial charge in [0.1, 0.15) is 28.8 Å². The third kappa shape index (κ3) is 2.62. The number of amidine groups is 2. The van der Waals surface area contributed by atoms with Crippen LogP contribution < -0.4 is 16.2 Å². The van der Waals surface area contributed by atoms with Crippen LogP contribution in [0.1, 0.15) is 11.1 Å². The SMILES string of the molecule is COc1ccc(C(=N)N)cc1-c1cc2cc(C(=N)N)ccc2o1. The van der Waals surface area contributed by atoms with Crippen LogP contribution in [0, 0.1) is 10.8 Å². The number of nitrogens with one attached hydrogen (secondary N) is 2. The molecular formula is C17H16N4O2. The summed E-state index contributed by atoms with van der Waals surface area (Å²) in [6, 6.07) is 12.4. The Morgan fingerprint density at radius 2 is 1.61 bits per heavy atom. The number of hydrogen-bond acceptors (Lipinski definition) is 4. The van der Waals surface area contributed by atoms with Crippen molar-refractivity contribution < 1.29 is 9.15 Å². The van der Waals surface area contributed by atoms with Crippen molar-refractivity contribution in [3.8, 4) is 17.1 Å². The van der Waals surface area contributed by atoms with E-state index in [0.29, 0.717) is 33.8 Å². The van der Waals surface area contributed by atoms with Crippen molar-refractivity contribution in [2.24, 2.45) is 11.5 Å². The molecule has 6 heteroatoms. The van der Waals surface area contributed by atoms with E-state index in [-0.39, 0.29) is 11.7 Å². The number of furan rings is 1. The normalized spacial score (nSPS) is 10.7. The van der Waals surface area contributed by atoms with Crippen molar-refractivity contribution in [1.29, 1.82) is 10.8 Å². The zero-order valence-corrected chi connectivity index (χ0v) is 12.5. The Labute approximate surface area is 132 Å². The number of methoxy groups -OCH3 is 1. The van der Waals surface area contributed by atoms with Gasteiger partial charge in [0.25, 0.3) is 0 Å². The summed E-state index contributed by atoms with van der Waals surface area (Å²) in [5.74, 6) is 1.20. The van der Waals surface area contributed by atoms with Gasteiger partial charge in [0.05, 0.1) is 12.7 Å². The molecule has 2 aromatic carbocycles. The van der Waals surface area contributed by atoms with E-state index in [1.54, 1.807) is 43.5 Å². The van der Waals surface area contributed by atoms with Crippen LogP contribution in [-0.2, 0) is 0 Å². The highest BCUT2D eigenvalue weighted by molar-refractivity contribution is 5.99. The molecule has 6 N–H and O–H groups in total. The second kappa shape index (κ2) is 5.49. The van der Waals surface area contributed by atoms with Gasteiger partial charge >= 0.3 is 0 Å². The lowest BCUT2D eigenvalue weighted by Crippen LogP contribution is -2.11. The summed E-state index contributed by atoms with van der Waals surface area (Å²) in [7, 11) is 1.57. The third-order valence-corrected chi connectivity index (χ3v) is 3.60. The molecular weight excluding hydrogens is 292 g/mol. The lowest BCUT2D eigenvalue weighted by atomic mass is 10.1. The minimum absolute atomic E-state index is 0.00538. The number of fused-ring (bicyclic) bond motifs is 1. The molecule has 3 rings (SSSR count). The topological polar surface area (TPSA) is 122 Å². The fraction of sp³-hybridized carbons (Fsp3) is 0.0588. The maximum absolute atomic E-state index is 7.57. The number of rotatable bonds is 4. The molecule has 0 radical (unpaired) electrons. The molecule has 3 aromatic rings.